The number of benzene rings is 2. The van der Waals surface area contributed by atoms with E-state index >= 15 is 0 Å². The van der Waals surface area contributed by atoms with Crippen molar-refractivity contribution in [2.75, 3.05) is 33.3 Å². The van der Waals surface area contributed by atoms with Crippen molar-refractivity contribution >= 4 is 17.5 Å². The van der Waals surface area contributed by atoms with Crippen molar-refractivity contribution in [3.05, 3.63) is 76.5 Å². The van der Waals surface area contributed by atoms with Crippen LogP contribution in [0.4, 0.5) is 8.78 Å². The summed E-state index contributed by atoms with van der Waals surface area (Å²) in [7, 11) is 1.59. The molecule has 0 saturated carbocycles. The molecule has 33 heavy (non-hydrogen) atoms. The highest BCUT2D eigenvalue weighted by Crippen LogP contribution is 2.22. The van der Waals surface area contributed by atoms with Crippen molar-refractivity contribution in [3.63, 3.8) is 0 Å². The number of hydrogen-bond donors (Lipinski definition) is 2. The zero-order valence-corrected chi connectivity index (χ0v) is 18.2. The van der Waals surface area contributed by atoms with Gasteiger partial charge in [-0.05, 0) is 35.9 Å². The van der Waals surface area contributed by atoms with Gasteiger partial charge < -0.3 is 25.3 Å². The van der Waals surface area contributed by atoms with Gasteiger partial charge in [0.15, 0.2) is 11.6 Å². The monoisotopic (exact) mass is 454 g/mol. The minimum absolute atomic E-state index is 0.0238. The highest BCUT2D eigenvalue weighted by molar-refractivity contribution is 6.08. The first-order chi connectivity index (χ1) is 15.9. The molecule has 0 radical (unpaired) electrons. The van der Waals surface area contributed by atoms with Crippen LogP contribution in [-0.2, 0) is 11.3 Å². The number of piperidine rings is 1. The number of amides is 2. The van der Waals surface area contributed by atoms with Gasteiger partial charge in [-0.25, -0.2) is 8.78 Å². The molecule has 0 spiro atoms. The molecule has 2 aromatic rings. The number of ether oxygens (including phenoxy) is 1. The van der Waals surface area contributed by atoms with Crippen molar-refractivity contribution in [3.8, 4) is 5.75 Å². The standard InChI is InChI=1S/C24H24F2N4O3/c1-33-17-5-2-15(3-6-17)13-30-11-9-28-22(24(30)32)18-14-29(10-8-21(18)27)23(31)16-4-7-19(25)20(26)12-16/h2-7,12,27-28H,8-11,13-14H2,1H3/b22-18-,27-21?. The van der Waals surface area contributed by atoms with Crippen molar-refractivity contribution in [1.82, 2.24) is 15.1 Å². The number of hydrogen-bond acceptors (Lipinski definition) is 5. The van der Waals surface area contributed by atoms with E-state index in [0.29, 0.717) is 30.9 Å². The highest BCUT2D eigenvalue weighted by atomic mass is 19.2. The SMILES string of the molecule is COc1ccc(CN2CCN/C(=C3/CN(C(=O)c4ccc(F)c(F)c4)CCC3=N)C2=O)cc1. The molecule has 7 nitrogen and oxygen atoms in total. The van der Waals surface area contributed by atoms with Gasteiger partial charge in [-0.2, -0.15) is 0 Å². The van der Waals surface area contributed by atoms with Crippen LogP contribution in [0.25, 0.3) is 0 Å². The molecule has 2 aliphatic rings. The van der Waals surface area contributed by atoms with Gasteiger partial charge in [0.1, 0.15) is 11.4 Å². The van der Waals surface area contributed by atoms with E-state index in [0.717, 1.165) is 23.4 Å². The Morgan fingerprint density at radius 2 is 1.88 bits per heavy atom. The summed E-state index contributed by atoms with van der Waals surface area (Å²) in [5.41, 5.74) is 2.01. The molecule has 0 aromatic heterocycles. The van der Waals surface area contributed by atoms with Crippen molar-refractivity contribution in [2.24, 2.45) is 0 Å². The highest BCUT2D eigenvalue weighted by Gasteiger charge is 2.32. The van der Waals surface area contributed by atoms with E-state index in [4.69, 9.17) is 10.1 Å². The number of carbonyl (C=O) groups excluding carboxylic acids is 2. The van der Waals surface area contributed by atoms with Gasteiger partial charge in [-0.1, -0.05) is 12.1 Å². The molecular formula is C24H24F2N4O3. The van der Waals surface area contributed by atoms with Crippen LogP contribution in [0, 0.1) is 17.0 Å². The lowest BCUT2D eigenvalue weighted by Crippen LogP contribution is -2.49. The second-order valence-corrected chi connectivity index (χ2v) is 7.94. The van der Waals surface area contributed by atoms with Crippen LogP contribution in [0.5, 0.6) is 5.75 Å². The number of piperazine rings is 1. The third-order valence-corrected chi connectivity index (χ3v) is 5.82. The molecule has 4 rings (SSSR count). The van der Waals surface area contributed by atoms with Crippen LogP contribution in [0.3, 0.4) is 0 Å². The molecule has 0 unspecified atom stereocenters. The summed E-state index contributed by atoms with van der Waals surface area (Å²) < 4.78 is 32.0. The number of methoxy groups -OCH3 is 1. The zero-order valence-electron chi connectivity index (χ0n) is 18.2. The van der Waals surface area contributed by atoms with Crippen LogP contribution < -0.4 is 10.1 Å². The second kappa shape index (κ2) is 9.40. The maximum atomic E-state index is 13.6. The number of carbonyl (C=O) groups is 2. The van der Waals surface area contributed by atoms with E-state index < -0.39 is 17.5 Å². The Morgan fingerprint density at radius 1 is 1.12 bits per heavy atom. The lowest BCUT2D eigenvalue weighted by atomic mass is 9.97. The molecular weight excluding hydrogens is 430 g/mol. The minimum Gasteiger partial charge on any atom is -0.497 e. The third kappa shape index (κ3) is 4.72. The van der Waals surface area contributed by atoms with Gasteiger partial charge in [0.25, 0.3) is 11.8 Å². The zero-order chi connectivity index (χ0) is 23.5. The van der Waals surface area contributed by atoms with Gasteiger partial charge in [-0.3, -0.25) is 9.59 Å². The fraction of sp³-hybridized carbons (Fsp3) is 0.292. The lowest BCUT2D eigenvalue weighted by Gasteiger charge is -2.35. The molecule has 2 N–H and O–H groups in total. The van der Waals surface area contributed by atoms with Crippen molar-refractivity contribution in [2.45, 2.75) is 13.0 Å². The van der Waals surface area contributed by atoms with E-state index in [1.165, 1.54) is 11.0 Å². The Balaban J connectivity index is 1.54. The molecule has 2 aliphatic heterocycles. The molecule has 0 bridgehead atoms. The molecule has 2 heterocycles. The summed E-state index contributed by atoms with van der Waals surface area (Å²) >= 11 is 0. The van der Waals surface area contributed by atoms with E-state index in [1.807, 2.05) is 24.3 Å². The van der Waals surface area contributed by atoms with E-state index in [1.54, 1.807) is 12.0 Å². The topological polar surface area (TPSA) is 85.7 Å². The quantitative estimate of drug-likeness (QED) is 0.696. The van der Waals surface area contributed by atoms with E-state index in [2.05, 4.69) is 5.32 Å². The van der Waals surface area contributed by atoms with E-state index in [-0.39, 0.29) is 36.7 Å². The number of rotatable bonds is 4. The maximum Gasteiger partial charge on any atom is 0.270 e. The first kappa shape index (κ1) is 22.4. The second-order valence-electron chi connectivity index (χ2n) is 7.94. The molecule has 172 valence electrons. The number of likely N-dealkylation sites (tertiary alicyclic amines) is 1. The van der Waals surface area contributed by atoms with Crippen LogP contribution in [0.15, 0.2) is 53.7 Å². The van der Waals surface area contributed by atoms with Crippen LogP contribution in [-0.4, -0.2) is 60.6 Å². The Kier molecular flexibility index (Phi) is 6.39. The molecule has 2 saturated heterocycles. The molecule has 0 atom stereocenters. The van der Waals surface area contributed by atoms with Gasteiger partial charge in [-0.15, -0.1) is 0 Å². The predicted octanol–water partition coefficient (Wildman–Crippen LogP) is 2.73. The van der Waals surface area contributed by atoms with Gasteiger partial charge in [0, 0.05) is 56.0 Å². The molecule has 9 heteroatoms. The number of nitrogens with zero attached hydrogens (tertiary/aromatic N) is 2. The largest absolute Gasteiger partial charge is 0.497 e. The Hall–Kier alpha value is -3.75. The molecule has 2 fully saturated rings. The molecule has 2 aromatic carbocycles. The summed E-state index contributed by atoms with van der Waals surface area (Å²) in [6.07, 6.45) is 0.266. The van der Waals surface area contributed by atoms with Crippen LogP contribution in [0.1, 0.15) is 22.3 Å². The van der Waals surface area contributed by atoms with Gasteiger partial charge in [0.05, 0.1) is 7.11 Å². The Bertz CT molecular complexity index is 1130. The lowest BCUT2D eigenvalue weighted by molar-refractivity contribution is -0.129. The van der Waals surface area contributed by atoms with Crippen LogP contribution >= 0.6 is 0 Å². The number of nitrogens with one attached hydrogen (secondary N) is 2. The van der Waals surface area contributed by atoms with Crippen molar-refractivity contribution < 1.29 is 23.1 Å². The summed E-state index contributed by atoms with van der Waals surface area (Å²) in [6, 6.07) is 10.5. The molecule has 2 amide bonds. The minimum atomic E-state index is -1.09. The average Bonchev–Trinajstić information content (AvgIpc) is 2.83. The van der Waals surface area contributed by atoms with Crippen LogP contribution in [0.2, 0.25) is 0 Å². The predicted molar refractivity (Wildman–Crippen MR) is 118 cm³/mol. The smallest absolute Gasteiger partial charge is 0.270 e. The normalized spacial score (nSPS) is 18.9. The van der Waals surface area contributed by atoms with E-state index in [9.17, 15) is 18.4 Å². The maximum absolute atomic E-state index is 13.6. The number of halogens is 2. The van der Waals surface area contributed by atoms with Crippen molar-refractivity contribution in [1.29, 1.82) is 5.41 Å². The average molecular weight is 454 g/mol. The Labute approximate surface area is 190 Å². The fourth-order valence-corrected chi connectivity index (χ4v) is 3.97. The fourth-order valence-electron chi connectivity index (χ4n) is 3.97. The summed E-state index contributed by atoms with van der Waals surface area (Å²) in [4.78, 5) is 29.2. The van der Waals surface area contributed by atoms with Gasteiger partial charge in [0.2, 0.25) is 0 Å². The summed E-state index contributed by atoms with van der Waals surface area (Å²) in [5, 5.41) is 11.5. The summed E-state index contributed by atoms with van der Waals surface area (Å²) in [6.45, 7) is 1.74. The first-order valence-corrected chi connectivity index (χ1v) is 10.6. The third-order valence-electron chi connectivity index (χ3n) is 5.82. The first-order valence-electron chi connectivity index (χ1n) is 10.6. The van der Waals surface area contributed by atoms with Gasteiger partial charge >= 0.3 is 0 Å². The Morgan fingerprint density at radius 3 is 2.58 bits per heavy atom. The molecule has 0 aliphatic carbocycles. The summed E-state index contributed by atoms with van der Waals surface area (Å²) in [5.74, 6) is -2.10.